The molecule has 0 unspecified atom stereocenters. The first-order valence-corrected chi connectivity index (χ1v) is 7.57. The van der Waals surface area contributed by atoms with Gasteiger partial charge in [0.05, 0.1) is 0 Å². The Morgan fingerprint density at radius 2 is 1.82 bits per heavy atom. The molecule has 0 amide bonds. The second kappa shape index (κ2) is 6.73. The molecule has 2 N–H and O–H groups in total. The Labute approximate surface area is 134 Å². The van der Waals surface area contributed by atoms with Crippen LogP contribution in [0.3, 0.4) is 0 Å². The van der Waals surface area contributed by atoms with Gasteiger partial charge in [-0.15, -0.1) is 0 Å². The second-order valence-corrected chi connectivity index (χ2v) is 5.53. The topological polar surface area (TPSA) is 55.5 Å². The molecule has 1 aromatic heterocycles. The van der Waals surface area contributed by atoms with E-state index in [1.54, 1.807) is 0 Å². The van der Waals surface area contributed by atoms with Gasteiger partial charge in [0.15, 0.2) is 6.54 Å². The lowest BCUT2D eigenvalue weighted by atomic mass is 10.1. The molecular formula is C17H17ClN3O+. The number of aromatic nitrogens is 2. The van der Waals surface area contributed by atoms with Crippen LogP contribution in [0.1, 0.15) is 24.4 Å². The summed E-state index contributed by atoms with van der Waals surface area (Å²) >= 11 is 6.21. The summed E-state index contributed by atoms with van der Waals surface area (Å²) in [6.45, 7) is 2.72. The fourth-order valence-corrected chi connectivity index (χ4v) is 2.60. The molecule has 22 heavy (non-hydrogen) atoms. The molecule has 2 aromatic carbocycles. The summed E-state index contributed by atoms with van der Waals surface area (Å²) in [5.41, 5.74) is 2.06. The largest absolute Gasteiger partial charge is 0.333 e. The molecule has 0 radical (unpaired) electrons. The molecule has 0 fully saturated rings. The summed E-state index contributed by atoms with van der Waals surface area (Å²) in [6, 6.07) is 17.9. The zero-order valence-electron chi connectivity index (χ0n) is 12.2. The van der Waals surface area contributed by atoms with Gasteiger partial charge in [0.2, 0.25) is 5.82 Å². The van der Waals surface area contributed by atoms with E-state index in [1.807, 2.05) is 54.6 Å². The van der Waals surface area contributed by atoms with Crippen LogP contribution in [-0.4, -0.2) is 10.1 Å². The third-order valence-electron chi connectivity index (χ3n) is 3.54. The Morgan fingerprint density at radius 1 is 1.09 bits per heavy atom. The number of halogens is 1. The van der Waals surface area contributed by atoms with E-state index >= 15 is 0 Å². The van der Waals surface area contributed by atoms with Crippen LogP contribution >= 0.6 is 11.6 Å². The summed E-state index contributed by atoms with van der Waals surface area (Å²) in [5.74, 6) is 1.23. The van der Waals surface area contributed by atoms with Crippen molar-refractivity contribution < 1.29 is 9.84 Å². The zero-order chi connectivity index (χ0) is 15.4. The van der Waals surface area contributed by atoms with Gasteiger partial charge >= 0.3 is 0 Å². The molecule has 0 bridgehead atoms. The number of hydrogen-bond acceptors (Lipinski definition) is 3. The van der Waals surface area contributed by atoms with Crippen molar-refractivity contribution in [3.8, 4) is 11.4 Å². The van der Waals surface area contributed by atoms with Crippen molar-refractivity contribution in [2.75, 3.05) is 0 Å². The normalized spacial score (nSPS) is 12.3. The van der Waals surface area contributed by atoms with Crippen molar-refractivity contribution in [3.05, 3.63) is 71.1 Å². The number of quaternary nitrogens is 1. The Kier molecular flexibility index (Phi) is 4.51. The highest BCUT2D eigenvalue weighted by atomic mass is 35.5. The van der Waals surface area contributed by atoms with Crippen molar-refractivity contribution in [2.24, 2.45) is 0 Å². The molecule has 0 saturated heterocycles. The molecule has 5 heteroatoms. The number of nitrogens with zero attached hydrogens (tertiary/aromatic N) is 2. The highest BCUT2D eigenvalue weighted by Crippen LogP contribution is 2.20. The fourth-order valence-electron chi connectivity index (χ4n) is 2.29. The minimum atomic E-state index is 0.223. The van der Waals surface area contributed by atoms with E-state index in [1.165, 1.54) is 0 Å². The molecule has 1 atom stereocenters. The molecule has 0 aliphatic carbocycles. The van der Waals surface area contributed by atoms with E-state index in [0.29, 0.717) is 18.3 Å². The van der Waals surface area contributed by atoms with E-state index in [0.717, 1.165) is 16.1 Å². The maximum absolute atomic E-state index is 6.21. The molecule has 3 aromatic rings. The van der Waals surface area contributed by atoms with Crippen molar-refractivity contribution >= 4 is 11.6 Å². The molecule has 0 aliphatic rings. The van der Waals surface area contributed by atoms with Crippen LogP contribution in [-0.2, 0) is 6.54 Å². The van der Waals surface area contributed by atoms with E-state index in [-0.39, 0.29) is 6.04 Å². The molecule has 4 nitrogen and oxygen atoms in total. The maximum Gasteiger partial charge on any atom is 0.282 e. The lowest BCUT2D eigenvalue weighted by molar-refractivity contribution is -0.710. The Morgan fingerprint density at radius 3 is 2.59 bits per heavy atom. The van der Waals surface area contributed by atoms with Crippen LogP contribution in [0.15, 0.2) is 59.1 Å². The van der Waals surface area contributed by atoms with Gasteiger partial charge in [-0.3, -0.25) is 0 Å². The Balaban J connectivity index is 1.65. The van der Waals surface area contributed by atoms with Crippen LogP contribution < -0.4 is 5.32 Å². The predicted octanol–water partition coefficient (Wildman–Crippen LogP) is 3.21. The minimum Gasteiger partial charge on any atom is -0.333 e. The first-order valence-electron chi connectivity index (χ1n) is 7.20. The van der Waals surface area contributed by atoms with Gasteiger partial charge in [-0.25, -0.2) is 0 Å². The number of benzene rings is 2. The summed E-state index contributed by atoms with van der Waals surface area (Å²) in [6.07, 6.45) is 0. The third kappa shape index (κ3) is 3.35. The van der Waals surface area contributed by atoms with E-state index < -0.39 is 0 Å². The predicted molar refractivity (Wildman–Crippen MR) is 85.2 cm³/mol. The molecule has 0 saturated carbocycles. The van der Waals surface area contributed by atoms with Crippen molar-refractivity contribution in [1.29, 1.82) is 0 Å². The van der Waals surface area contributed by atoms with Gasteiger partial charge < -0.3 is 9.84 Å². The highest BCUT2D eigenvalue weighted by molar-refractivity contribution is 6.31. The zero-order valence-corrected chi connectivity index (χ0v) is 13.0. The quantitative estimate of drug-likeness (QED) is 0.786. The third-order valence-corrected chi connectivity index (χ3v) is 3.89. The standard InChI is InChI=1S/C17H16ClN3O/c1-12(14-9-5-6-10-15(14)18)19-11-16-20-17(21-22-16)13-7-3-2-4-8-13/h2-10,12,19H,11H2,1H3/p+1/t12-/m0/s1. The highest BCUT2D eigenvalue weighted by Gasteiger charge is 2.15. The molecule has 0 aliphatic heterocycles. The van der Waals surface area contributed by atoms with Crippen LogP contribution in [0, 0.1) is 0 Å². The lowest BCUT2D eigenvalue weighted by Gasteiger charge is -2.10. The Bertz CT molecular complexity index is 742. The molecule has 3 rings (SSSR count). The first-order chi connectivity index (χ1) is 10.7. The van der Waals surface area contributed by atoms with E-state index in [4.69, 9.17) is 16.1 Å². The lowest BCUT2D eigenvalue weighted by Crippen LogP contribution is -2.83. The molecule has 112 valence electrons. The molecule has 0 spiro atoms. The van der Waals surface area contributed by atoms with Gasteiger partial charge in [-0.2, -0.15) is 4.98 Å². The van der Waals surface area contributed by atoms with Gasteiger partial charge in [0.1, 0.15) is 6.04 Å². The summed E-state index contributed by atoms with van der Waals surface area (Å²) in [5, 5.41) is 6.93. The minimum absolute atomic E-state index is 0.223. The number of nitrogens with two attached hydrogens (primary N) is 1. The van der Waals surface area contributed by atoms with Crippen LogP contribution in [0.25, 0.3) is 11.4 Å². The van der Waals surface area contributed by atoms with Crippen molar-refractivity contribution in [3.63, 3.8) is 0 Å². The van der Waals surface area contributed by atoms with Crippen molar-refractivity contribution in [1.82, 2.24) is 10.1 Å². The Hall–Kier alpha value is -2.17. The summed E-state index contributed by atoms with van der Waals surface area (Å²) in [7, 11) is 0. The summed E-state index contributed by atoms with van der Waals surface area (Å²) < 4.78 is 5.31. The SMILES string of the molecule is C[C@H]([NH2+]Cc1nc(-c2ccccc2)no1)c1ccccc1Cl. The van der Waals surface area contributed by atoms with Crippen LogP contribution in [0.4, 0.5) is 0 Å². The maximum atomic E-state index is 6.21. The smallest absolute Gasteiger partial charge is 0.282 e. The average molecular weight is 315 g/mol. The van der Waals surface area contributed by atoms with Gasteiger partial charge in [-0.1, -0.05) is 65.3 Å². The molecular weight excluding hydrogens is 298 g/mol. The second-order valence-electron chi connectivity index (χ2n) is 5.13. The van der Waals surface area contributed by atoms with E-state index in [2.05, 4.69) is 22.4 Å². The average Bonchev–Trinajstić information content (AvgIpc) is 3.03. The fraction of sp³-hybridized carbons (Fsp3) is 0.176. The van der Waals surface area contributed by atoms with Gasteiger partial charge in [0.25, 0.3) is 5.89 Å². The number of hydrogen-bond donors (Lipinski definition) is 1. The first kappa shape index (κ1) is 14.8. The van der Waals surface area contributed by atoms with Crippen LogP contribution in [0.5, 0.6) is 0 Å². The van der Waals surface area contributed by atoms with E-state index in [9.17, 15) is 0 Å². The van der Waals surface area contributed by atoms with Gasteiger partial charge in [-0.05, 0) is 13.0 Å². The van der Waals surface area contributed by atoms with Gasteiger partial charge in [0, 0.05) is 16.1 Å². The van der Waals surface area contributed by atoms with Crippen LogP contribution in [0.2, 0.25) is 5.02 Å². The van der Waals surface area contributed by atoms with Crippen molar-refractivity contribution in [2.45, 2.75) is 19.5 Å². The number of rotatable bonds is 5. The molecule has 1 heterocycles. The summed E-state index contributed by atoms with van der Waals surface area (Å²) in [4.78, 5) is 4.43. The monoisotopic (exact) mass is 314 g/mol.